The third kappa shape index (κ3) is 4.42. The molecular formula is C45H28N2O2. The normalized spacial score (nSPS) is 11.7. The molecule has 0 unspecified atom stereocenters. The number of benzene rings is 8. The summed E-state index contributed by atoms with van der Waals surface area (Å²) in [5.74, 6) is 0.626. The fraction of sp³-hybridized carbons (Fsp3) is 0. The molecule has 0 spiro atoms. The number of fused-ring (bicyclic) bond motifs is 8. The summed E-state index contributed by atoms with van der Waals surface area (Å²) in [5, 5.41) is 6.73. The van der Waals surface area contributed by atoms with E-state index in [0.29, 0.717) is 5.89 Å². The van der Waals surface area contributed by atoms with E-state index >= 15 is 0 Å². The molecule has 0 amide bonds. The number of hydrogen-bond acceptors (Lipinski definition) is 4. The number of rotatable bonds is 5. The molecule has 10 rings (SSSR count). The SMILES string of the molecule is c1ccc(-c2nc3c(ccc4ccc5c(N(c6ccccc6)c6ccc(-c7cccc8c7oc7ccccc78)cc6)cccc5c43)o2)cc1. The first-order valence-electron chi connectivity index (χ1n) is 16.5. The smallest absolute Gasteiger partial charge is 0.227 e. The molecule has 4 nitrogen and oxygen atoms in total. The highest BCUT2D eigenvalue weighted by Crippen LogP contribution is 2.43. The van der Waals surface area contributed by atoms with Crippen molar-refractivity contribution < 1.29 is 8.83 Å². The average molecular weight is 629 g/mol. The summed E-state index contributed by atoms with van der Waals surface area (Å²) >= 11 is 0. The zero-order chi connectivity index (χ0) is 32.3. The van der Waals surface area contributed by atoms with Crippen LogP contribution in [0, 0.1) is 0 Å². The Bertz CT molecular complexity index is 2820. The quantitative estimate of drug-likeness (QED) is 0.178. The summed E-state index contributed by atoms with van der Waals surface area (Å²) in [6, 6.07) is 59.1. The van der Waals surface area contributed by atoms with Crippen molar-refractivity contribution in [1.29, 1.82) is 0 Å². The third-order valence-corrected chi connectivity index (χ3v) is 9.49. The molecule has 0 bridgehead atoms. The minimum Gasteiger partial charge on any atom is -0.455 e. The van der Waals surface area contributed by atoms with Crippen LogP contribution in [0.4, 0.5) is 17.1 Å². The molecule has 0 atom stereocenters. The minimum atomic E-state index is 0.626. The van der Waals surface area contributed by atoms with E-state index in [1.165, 1.54) is 0 Å². The second kappa shape index (κ2) is 11.0. The molecule has 49 heavy (non-hydrogen) atoms. The van der Waals surface area contributed by atoms with Crippen molar-refractivity contribution in [3.8, 4) is 22.6 Å². The summed E-state index contributed by atoms with van der Waals surface area (Å²) in [7, 11) is 0. The number of para-hydroxylation sites is 3. The molecule has 0 N–H and O–H groups in total. The Morgan fingerprint density at radius 3 is 1.98 bits per heavy atom. The molecule has 0 aliphatic rings. The van der Waals surface area contributed by atoms with E-state index in [1.54, 1.807) is 0 Å². The fourth-order valence-corrected chi connectivity index (χ4v) is 7.22. The Labute approximate surface area is 282 Å². The first-order chi connectivity index (χ1) is 24.3. The molecule has 2 aromatic heterocycles. The van der Waals surface area contributed by atoms with E-state index in [-0.39, 0.29) is 0 Å². The first-order valence-corrected chi connectivity index (χ1v) is 16.5. The van der Waals surface area contributed by atoms with Gasteiger partial charge in [-0.15, -0.1) is 0 Å². The van der Waals surface area contributed by atoms with Crippen molar-refractivity contribution >= 4 is 71.6 Å². The van der Waals surface area contributed by atoms with Crippen LogP contribution < -0.4 is 4.90 Å². The van der Waals surface area contributed by atoms with E-state index in [4.69, 9.17) is 13.8 Å². The van der Waals surface area contributed by atoms with E-state index in [0.717, 1.165) is 88.3 Å². The van der Waals surface area contributed by atoms with Gasteiger partial charge in [-0.3, -0.25) is 0 Å². The number of furan rings is 1. The Kier molecular flexibility index (Phi) is 6.15. The van der Waals surface area contributed by atoms with Gasteiger partial charge >= 0.3 is 0 Å². The van der Waals surface area contributed by atoms with Gasteiger partial charge in [0.15, 0.2) is 5.58 Å². The molecule has 4 heteroatoms. The van der Waals surface area contributed by atoms with Crippen molar-refractivity contribution in [3.05, 3.63) is 170 Å². The predicted molar refractivity (Wildman–Crippen MR) is 202 cm³/mol. The third-order valence-electron chi connectivity index (χ3n) is 9.49. The lowest BCUT2D eigenvalue weighted by Crippen LogP contribution is -2.10. The number of hydrogen-bond donors (Lipinski definition) is 0. The molecule has 0 saturated heterocycles. The summed E-state index contributed by atoms with van der Waals surface area (Å²) in [6.07, 6.45) is 0. The lowest BCUT2D eigenvalue weighted by atomic mass is 9.98. The van der Waals surface area contributed by atoms with Crippen LogP contribution in [-0.4, -0.2) is 4.98 Å². The molecule has 8 aromatic carbocycles. The van der Waals surface area contributed by atoms with Crippen LogP contribution in [0.5, 0.6) is 0 Å². The van der Waals surface area contributed by atoms with Crippen molar-refractivity contribution in [2.24, 2.45) is 0 Å². The zero-order valence-corrected chi connectivity index (χ0v) is 26.4. The largest absolute Gasteiger partial charge is 0.455 e. The second-order valence-electron chi connectivity index (χ2n) is 12.3. The molecule has 2 heterocycles. The van der Waals surface area contributed by atoms with Crippen LogP contribution in [0.3, 0.4) is 0 Å². The lowest BCUT2D eigenvalue weighted by molar-refractivity contribution is 0.620. The van der Waals surface area contributed by atoms with Crippen LogP contribution >= 0.6 is 0 Å². The van der Waals surface area contributed by atoms with Gasteiger partial charge in [-0.05, 0) is 70.9 Å². The summed E-state index contributed by atoms with van der Waals surface area (Å²) in [5.41, 5.74) is 9.82. The van der Waals surface area contributed by atoms with E-state index in [1.807, 2.05) is 48.5 Å². The van der Waals surface area contributed by atoms with Gasteiger partial charge in [-0.2, -0.15) is 0 Å². The van der Waals surface area contributed by atoms with Crippen LogP contribution in [0.25, 0.3) is 77.2 Å². The van der Waals surface area contributed by atoms with Gasteiger partial charge in [0, 0.05) is 44.0 Å². The Morgan fingerprint density at radius 2 is 1.12 bits per heavy atom. The predicted octanol–water partition coefficient (Wildman–Crippen LogP) is 12.8. The van der Waals surface area contributed by atoms with Crippen molar-refractivity contribution in [2.75, 3.05) is 4.90 Å². The Morgan fingerprint density at radius 1 is 0.429 bits per heavy atom. The van der Waals surface area contributed by atoms with Crippen LogP contribution in [-0.2, 0) is 0 Å². The van der Waals surface area contributed by atoms with Crippen LogP contribution in [0.1, 0.15) is 0 Å². The summed E-state index contributed by atoms with van der Waals surface area (Å²) in [6.45, 7) is 0. The summed E-state index contributed by atoms with van der Waals surface area (Å²) in [4.78, 5) is 7.37. The van der Waals surface area contributed by atoms with Crippen LogP contribution in [0.15, 0.2) is 179 Å². The van der Waals surface area contributed by atoms with Gasteiger partial charge in [0.05, 0.1) is 5.69 Å². The topological polar surface area (TPSA) is 42.4 Å². The number of nitrogens with zero attached hydrogens (tertiary/aromatic N) is 2. The molecule has 230 valence electrons. The second-order valence-corrected chi connectivity index (χ2v) is 12.3. The highest BCUT2D eigenvalue weighted by Gasteiger charge is 2.19. The standard InChI is InChI=1S/C45H28N2O2/c1-3-11-31(12-4-1)45-46-43-41(49-45)28-24-30-23-27-35-37(42(30)43)17-10-19-39(35)47(32-13-5-2-6-14-32)33-25-21-29(22-26-33)34-16-9-18-38-36-15-7-8-20-40(36)48-44(34)38/h1-28H. The molecule has 0 radical (unpaired) electrons. The van der Waals surface area contributed by atoms with Crippen molar-refractivity contribution in [2.45, 2.75) is 0 Å². The Balaban J connectivity index is 1.14. The van der Waals surface area contributed by atoms with Gasteiger partial charge in [0.25, 0.3) is 0 Å². The molecule has 0 saturated carbocycles. The van der Waals surface area contributed by atoms with Gasteiger partial charge in [-0.25, -0.2) is 4.98 Å². The number of aromatic nitrogens is 1. The minimum absolute atomic E-state index is 0.626. The monoisotopic (exact) mass is 628 g/mol. The van der Waals surface area contributed by atoms with Gasteiger partial charge in [0.2, 0.25) is 5.89 Å². The molecule has 0 aliphatic carbocycles. The van der Waals surface area contributed by atoms with Crippen molar-refractivity contribution in [3.63, 3.8) is 0 Å². The molecule has 0 aliphatic heterocycles. The molecular weight excluding hydrogens is 601 g/mol. The fourth-order valence-electron chi connectivity index (χ4n) is 7.22. The van der Waals surface area contributed by atoms with Gasteiger partial charge < -0.3 is 13.7 Å². The highest BCUT2D eigenvalue weighted by atomic mass is 16.3. The van der Waals surface area contributed by atoms with E-state index in [2.05, 4.69) is 126 Å². The lowest BCUT2D eigenvalue weighted by Gasteiger charge is -2.27. The average Bonchev–Trinajstić information content (AvgIpc) is 3.78. The maximum Gasteiger partial charge on any atom is 0.227 e. The van der Waals surface area contributed by atoms with Gasteiger partial charge in [-0.1, -0.05) is 115 Å². The van der Waals surface area contributed by atoms with Crippen LogP contribution in [0.2, 0.25) is 0 Å². The first kappa shape index (κ1) is 27.5. The number of oxazole rings is 1. The molecule has 10 aromatic rings. The maximum absolute atomic E-state index is 6.37. The van der Waals surface area contributed by atoms with Gasteiger partial charge in [0.1, 0.15) is 16.7 Å². The maximum atomic E-state index is 6.37. The zero-order valence-electron chi connectivity index (χ0n) is 26.4. The molecule has 0 fully saturated rings. The highest BCUT2D eigenvalue weighted by molar-refractivity contribution is 6.21. The number of anilines is 3. The van der Waals surface area contributed by atoms with E-state index in [9.17, 15) is 0 Å². The van der Waals surface area contributed by atoms with E-state index < -0.39 is 0 Å². The Hall–Kier alpha value is -6.65. The van der Waals surface area contributed by atoms with Crippen molar-refractivity contribution in [1.82, 2.24) is 4.98 Å². The summed E-state index contributed by atoms with van der Waals surface area (Å²) < 4.78 is 12.7.